The molecule has 0 saturated carbocycles. The van der Waals surface area contributed by atoms with Gasteiger partial charge in [-0.05, 0) is 30.2 Å². The molecule has 0 aliphatic carbocycles. The molecule has 0 aliphatic rings. The van der Waals surface area contributed by atoms with Gasteiger partial charge in [0.15, 0.2) is 5.82 Å². The smallest absolute Gasteiger partial charge is 0.154 e. The molecular weight excluding hydrogens is 260 g/mol. The Kier molecular flexibility index (Phi) is 10.1. The van der Waals surface area contributed by atoms with E-state index >= 15 is 0 Å². The van der Waals surface area contributed by atoms with E-state index in [1.54, 1.807) is 0 Å². The van der Waals surface area contributed by atoms with Crippen molar-refractivity contribution in [2.75, 3.05) is 0 Å². The van der Waals surface area contributed by atoms with Crippen molar-refractivity contribution in [1.82, 2.24) is 20.2 Å². The molecular formula is C17H34N4. The second-order valence-electron chi connectivity index (χ2n) is 6.10. The number of nitrogens with zero attached hydrogens (tertiary/aromatic N) is 4. The zero-order chi connectivity index (χ0) is 15.3. The van der Waals surface area contributed by atoms with E-state index in [4.69, 9.17) is 0 Å². The van der Waals surface area contributed by atoms with Gasteiger partial charge in [0.05, 0.1) is 0 Å². The molecule has 122 valence electrons. The molecule has 1 rings (SSSR count). The van der Waals surface area contributed by atoms with Crippen LogP contribution >= 0.6 is 0 Å². The molecule has 0 radical (unpaired) electrons. The number of hydrogen-bond acceptors (Lipinski definition) is 3. The van der Waals surface area contributed by atoms with Gasteiger partial charge in [-0.15, -0.1) is 5.10 Å². The summed E-state index contributed by atoms with van der Waals surface area (Å²) >= 11 is 0. The maximum atomic E-state index is 4.30. The molecule has 4 heteroatoms. The average molecular weight is 294 g/mol. The largest absolute Gasteiger partial charge is 0.230 e. The highest BCUT2D eigenvalue weighted by molar-refractivity contribution is 4.93. The first-order chi connectivity index (χ1) is 10.3. The lowest BCUT2D eigenvalue weighted by Gasteiger charge is -2.16. The van der Waals surface area contributed by atoms with Crippen LogP contribution in [0.25, 0.3) is 0 Å². The third-order valence-electron chi connectivity index (χ3n) is 4.29. The Hall–Kier alpha value is -0.930. The van der Waals surface area contributed by atoms with Crippen LogP contribution in [-0.2, 0) is 6.54 Å². The van der Waals surface area contributed by atoms with Crippen LogP contribution in [0.2, 0.25) is 0 Å². The third kappa shape index (κ3) is 7.05. The minimum atomic E-state index is 0.554. The van der Waals surface area contributed by atoms with E-state index in [1.165, 1.54) is 70.6 Å². The van der Waals surface area contributed by atoms with Gasteiger partial charge in [0.25, 0.3) is 0 Å². The number of rotatable bonds is 13. The maximum Gasteiger partial charge on any atom is 0.154 e. The molecule has 1 atom stereocenters. The molecule has 21 heavy (non-hydrogen) atoms. The molecule has 0 bridgehead atoms. The zero-order valence-electron chi connectivity index (χ0n) is 14.4. The van der Waals surface area contributed by atoms with E-state index in [1.807, 2.05) is 4.68 Å². The van der Waals surface area contributed by atoms with E-state index in [-0.39, 0.29) is 0 Å². The SMILES string of the molecule is CCCCCCCC(CCCCCC)c1nnnn1CC. The second-order valence-corrected chi connectivity index (χ2v) is 6.10. The number of tetrazole rings is 1. The second kappa shape index (κ2) is 11.7. The van der Waals surface area contributed by atoms with Crippen LogP contribution in [0.3, 0.4) is 0 Å². The highest BCUT2D eigenvalue weighted by Gasteiger charge is 2.17. The summed E-state index contributed by atoms with van der Waals surface area (Å²) < 4.78 is 1.98. The Morgan fingerprint density at radius 3 is 1.95 bits per heavy atom. The Balaban J connectivity index is 2.45. The van der Waals surface area contributed by atoms with Gasteiger partial charge in [-0.25, -0.2) is 4.68 Å². The highest BCUT2D eigenvalue weighted by Crippen LogP contribution is 2.26. The zero-order valence-corrected chi connectivity index (χ0v) is 14.4. The van der Waals surface area contributed by atoms with Crippen LogP contribution in [0, 0.1) is 0 Å². The van der Waals surface area contributed by atoms with Crippen LogP contribution in [0.4, 0.5) is 0 Å². The summed E-state index contributed by atoms with van der Waals surface area (Å²) in [5.74, 6) is 1.67. The van der Waals surface area contributed by atoms with E-state index in [0.29, 0.717) is 5.92 Å². The Bertz CT molecular complexity index is 348. The summed E-state index contributed by atoms with van der Waals surface area (Å²) in [5.41, 5.74) is 0. The fourth-order valence-corrected chi connectivity index (χ4v) is 2.94. The molecule has 0 aliphatic heterocycles. The molecule has 1 aromatic heterocycles. The first-order valence-electron chi connectivity index (χ1n) is 9.09. The molecule has 0 amide bonds. The van der Waals surface area contributed by atoms with Crippen molar-refractivity contribution >= 4 is 0 Å². The first kappa shape index (κ1) is 18.1. The molecule has 0 aromatic carbocycles. The molecule has 0 spiro atoms. The molecule has 4 nitrogen and oxygen atoms in total. The van der Waals surface area contributed by atoms with Crippen LogP contribution in [0.5, 0.6) is 0 Å². The first-order valence-corrected chi connectivity index (χ1v) is 9.09. The van der Waals surface area contributed by atoms with Crippen molar-refractivity contribution in [3.05, 3.63) is 5.82 Å². The molecule has 0 N–H and O–H groups in total. The molecule has 0 saturated heterocycles. The van der Waals surface area contributed by atoms with Crippen molar-refractivity contribution in [3.63, 3.8) is 0 Å². The van der Waals surface area contributed by atoms with Gasteiger partial charge in [0.2, 0.25) is 0 Å². The van der Waals surface area contributed by atoms with Gasteiger partial charge < -0.3 is 0 Å². The molecule has 1 heterocycles. The van der Waals surface area contributed by atoms with Gasteiger partial charge in [-0.3, -0.25) is 0 Å². The quantitative estimate of drug-likeness (QED) is 0.475. The van der Waals surface area contributed by atoms with Gasteiger partial charge in [-0.2, -0.15) is 0 Å². The monoisotopic (exact) mass is 294 g/mol. The summed E-state index contributed by atoms with van der Waals surface area (Å²) in [6, 6.07) is 0. The average Bonchev–Trinajstić information content (AvgIpc) is 2.97. The van der Waals surface area contributed by atoms with Crippen molar-refractivity contribution in [1.29, 1.82) is 0 Å². The van der Waals surface area contributed by atoms with Crippen molar-refractivity contribution in [2.45, 2.75) is 104 Å². The lowest BCUT2D eigenvalue weighted by atomic mass is 9.93. The van der Waals surface area contributed by atoms with Gasteiger partial charge in [0.1, 0.15) is 0 Å². The van der Waals surface area contributed by atoms with E-state index < -0.39 is 0 Å². The fourth-order valence-electron chi connectivity index (χ4n) is 2.94. The molecule has 1 unspecified atom stereocenters. The summed E-state index contributed by atoms with van der Waals surface area (Å²) in [6.07, 6.45) is 14.5. The van der Waals surface area contributed by atoms with Gasteiger partial charge >= 0.3 is 0 Å². The third-order valence-corrected chi connectivity index (χ3v) is 4.29. The Labute approximate surface area is 130 Å². The summed E-state index contributed by atoms with van der Waals surface area (Å²) in [7, 11) is 0. The number of aromatic nitrogens is 4. The Morgan fingerprint density at radius 1 is 0.810 bits per heavy atom. The summed E-state index contributed by atoms with van der Waals surface area (Å²) in [4.78, 5) is 0. The lowest BCUT2D eigenvalue weighted by molar-refractivity contribution is 0.452. The van der Waals surface area contributed by atoms with Crippen LogP contribution in [0.1, 0.15) is 103 Å². The maximum absolute atomic E-state index is 4.30. The van der Waals surface area contributed by atoms with Crippen molar-refractivity contribution in [3.8, 4) is 0 Å². The Morgan fingerprint density at radius 2 is 1.38 bits per heavy atom. The van der Waals surface area contributed by atoms with E-state index in [9.17, 15) is 0 Å². The summed E-state index contributed by atoms with van der Waals surface area (Å²) in [5, 5.41) is 12.3. The number of unbranched alkanes of at least 4 members (excludes halogenated alkanes) is 7. The van der Waals surface area contributed by atoms with Crippen molar-refractivity contribution < 1.29 is 0 Å². The van der Waals surface area contributed by atoms with Crippen LogP contribution in [-0.4, -0.2) is 20.2 Å². The number of hydrogen-bond donors (Lipinski definition) is 0. The van der Waals surface area contributed by atoms with Crippen LogP contribution < -0.4 is 0 Å². The lowest BCUT2D eigenvalue weighted by Crippen LogP contribution is -2.10. The summed E-state index contributed by atoms with van der Waals surface area (Å²) in [6.45, 7) is 7.54. The topological polar surface area (TPSA) is 43.6 Å². The number of aryl methyl sites for hydroxylation is 1. The van der Waals surface area contributed by atoms with Crippen molar-refractivity contribution in [2.24, 2.45) is 0 Å². The molecule has 1 aromatic rings. The highest BCUT2D eigenvalue weighted by atomic mass is 15.5. The minimum absolute atomic E-state index is 0.554. The molecule has 0 fully saturated rings. The van der Waals surface area contributed by atoms with E-state index in [2.05, 4.69) is 36.3 Å². The van der Waals surface area contributed by atoms with Gasteiger partial charge in [0, 0.05) is 12.5 Å². The standard InChI is InChI=1S/C17H34N4/c1-4-7-9-11-13-15-16(14-12-10-8-5-2)17-18-19-20-21(17)6-3/h16H,4-15H2,1-3H3. The minimum Gasteiger partial charge on any atom is -0.230 e. The van der Waals surface area contributed by atoms with Gasteiger partial charge in [-0.1, -0.05) is 71.6 Å². The predicted octanol–water partition coefficient (Wildman–Crippen LogP) is 5.11. The predicted molar refractivity (Wildman–Crippen MR) is 88.4 cm³/mol. The normalized spacial score (nSPS) is 12.7. The van der Waals surface area contributed by atoms with E-state index in [0.717, 1.165) is 12.4 Å². The van der Waals surface area contributed by atoms with Crippen LogP contribution in [0.15, 0.2) is 0 Å². The fraction of sp³-hybridized carbons (Fsp3) is 0.941.